The van der Waals surface area contributed by atoms with Gasteiger partial charge >= 0.3 is 0 Å². The minimum absolute atomic E-state index is 0.0663. The summed E-state index contributed by atoms with van der Waals surface area (Å²) in [5.74, 6) is 0.478. The van der Waals surface area contributed by atoms with E-state index >= 15 is 0 Å². The van der Waals surface area contributed by atoms with Crippen LogP contribution >= 0.6 is 0 Å². The molecule has 0 atom stereocenters. The van der Waals surface area contributed by atoms with Crippen molar-refractivity contribution < 1.29 is 18.3 Å². The van der Waals surface area contributed by atoms with E-state index in [4.69, 9.17) is 10.5 Å². The molecule has 1 aliphatic rings. The van der Waals surface area contributed by atoms with E-state index in [0.717, 1.165) is 5.56 Å². The predicted molar refractivity (Wildman–Crippen MR) is 83.1 cm³/mol. The molecular formula is C16H15NO4S. The van der Waals surface area contributed by atoms with Crippen molar-refractivity contribution in [2.24, 2.45) is 5.73 Å². The average molecular weight is 317 g/mol. The number of aromatic hydroxyl groups is 1. The maximum Gasteiger partial charge on any atom is 0.206 e. The summed E-state index contributed by atoms with van der Waals surface area (Å²) in [7, 11) is -3.52. The molecule has 0 fully saturated rings. The lowest BCUT2D eigenvalue weighted by Gasteiger charge is -2.07. The highest BCUT2D eigenvalue weighted by molar-refractivity contribution is 7.95. The number of phenolic OH excluding ortho intramolecular Hbond substituents is 1. The second-order valence-corrected chi connectivity index (χ2v) is 6.95. The first-order valence-electron chi connectivity index (χ1n) is 6.71. The normalized spacial score (nSPS) is 15.2. The number of fused-ring (bicyclic) bond motifs is 1. The largest absolute Gasteiger partial charge is 0.508 e. The van der Waals surface area contributed by atoms with Gasteiger partial charge in [0.25, 0.3) is 0 Å². The number of hydrogen-bond acceptors (Lipinski definition) is 5. The summed E-state index contributed by atoms with van der Waals surface area (Å²) in [4.78, 5) is 0.472. The summed E-state index contributed by atoms with van der Waals surface area (Å²) in [6, 6.07) is 11.3. The Balaban J connectivity index is 1.86. The highest BCUT2D eigenvalue weighted by atomic mass is 32.2. The Labute approximate surface area is 128 Å². The van der Waals surface area contributed by atoms with Gasteiger partial charge in [-0.1, -0.05) is 12.1 Å². The van der Waals surface area contributed by atoms with Gasteiger partial charge in [0.2, 0.25) is 9.84 Å². The predicted octanol–water partition coefficient (Wildman–Crippen LogP) is 2.06. The van der Waals surface area contributed by atoms with E-state index < -0.39 is 9.84 Å². The van der Waals surface area contributed by atoms with Crippen LogP contribution in [0.2, 0.25) is 0 Å². The number of ether oxygens (including phenoxy) is 1. The van der Waals surface area contributed by atoms with Gasteiger partial charge in [-0.25, -0.2) is 8.42 Å². The lowest BCUT2D eigenvalue weighted by molar-refractivity contribution is 0.356. The molecule has 0 amide bonds. The lowest BCUT2D eigenvalue weighted by Crippen LogP contribution is -2.09. The number of phenols is 1. The van der Waals surface area contributed by atoms with Crippen molar-refractivity contribution in [3.8, 4) is 11.5 Å². The van der Waals surface area contributed by atoms with Crippen molar-refractivity contribution in [3.05, 3.63) is 58.5 Å². The van der Waals surface area contributed by atoms with Crippen LogP contribution in [-0.2, 0) is 16.4 Å². The molecule has 1 aliphatic heterocycles. The van der Waals surface area contributed by atoms with Gasteiger partial charge in [0, 0.05) is 12.6 Å². The standard InChI is InChI=1S/C16H15NO4S/c17-9-11-4-5-16-12(6-11)7-15(22(16,19)20)10-21-14-3-1-2-13(18)8-14/h1-8,18H,9-10,17H2. The van der Waals surface area contributed by atoms with Crippen LogP contribution in [0.25, 0.3) is 6.08 Å². The Bertz CT molecular complexity index is 856. The van der Waals surface area contributed by atoms with Crippen LogP contribution in [0.5, 0.6) is 11.5 Å². The Hall–Kier alpha value is -2.31. The number of sulfone groups is 1. The highest BCUT2D eigenvalue weighted by Gasteiger charge is 2.29. The molecule has 114 valence electrons. The van der Waals surface area contributed by atoms with Gasteiger partial charge < -0.3 is 15.6 Å². The van der Waals surface area contributed by atoms with Gasteiger partial charge in [0.15, 0.2) is 0 Å². The van der Waals surface area contributed by atoms with Crippen LogP contribution in [0, 0.1) is 0 Å². The van der Waals surface area contributed by atoms with Gasteiger partial charge in [-0.3, -0.25) is 0 Å². The molecule has 3 rings (SSSR count). The van der Waals surface area contributed by atoms with Crippen molar-refractivity contribution in [1.29, 1.82) is 0 Å². The molecular weight excluding hydrogens is 302 g/mol. The van der Waals surface area contributed by atoms with Crippen LogP contribution in [0.1, 0.15) is 11.1 Å². The number of hydrogen-bond donors (Lipinski definition) is 2. The summed E-state index contributed by atoms with van der Waals surface area (Å²) < 4.78 is 30.3. The topological polar surface area (TPSA) is 89.6 Å². The van der Waals surface area contributed by atoms with Crippen LogP contribution in [0.3, 0.4) is 0 Å². The van der Waals surface area contributed by atoms with E-state index in [0.29, 0.717) is 17.9 Å². The molecule has 2 aromatic carbocycles. The summed E-state index contributed by atoms with van der Waals surface area (Å²) in [6.07, 6.45) is 1.60. The molecule has 0 spiro atoms. The molecule has 1 heterocycles. The number of nitrogens with two attached hydrogens (primary N) is 1. The minimum Gasteiger partial charge on any atom is -0.508 e. The summed E-state index contributed by atoms with van der Waals surface area (Å²) in [5.41, 5.74) is 7.09. The van der Waals surface area contributed by atoms with Gasteiger partial charge in [-0.15, -0.1) is 0 Å². The van der Waals surface area contributed by atoms with Crippen molar-refractivity contribution in [1.82, 2.24) is 0 Å². The van der Waals surface area contributed by atoms with Crippen LogP contribution in [-0.4, -0.2) is 20.1 Å². The fourth-order valence-electron chi connectivity index (χ4n) is 2.32. The van der Waals surface area contributed by atoms with E-state index in [1.165, 1.54) is 12.1 Å². The van der Waals surface area contributed by atoms with E-state index in [9.17, 15) is 13.5 Å². The van der Waals surface area contributed by atoms with Crippen LogP contribution in [0.4, 0.5) is 0 Å². The Morgan fingerprint density at radius 3 is 2.68 bits per heavy atom. The molecule has 0 unspecified atom stereocenters. The maximum atomic E-state index is 12.4. The smallest absolute Gasteiger partial charge is 0.206 e. The third kappa shape index (κ3) is 2.58. The van der Waals surface area contributed by atoms with E-state index in [-0.39, 0.29) is 22.2 Å². The number of rotatable bonds is 4. The molecule has 0 aromatic heterocycles. The lowest BCUT2D eigenvalue weighted by atomic mass is 10.1. The Morgan fingerprint density at radius 2 is 1.95 bits per heavy atom. The van der Waals surface area contributed by atoms with Gasteiger partial charge in [-0.05, 0) is 41.5 Å². The third-order valence-corrected chi connectivity index (χ3v) is 5.34. The molecule has 5 nitrogen and oxygen atoms in total. The molecule has 0 saturated heterocycles. The van der Waals surface area contributed by atoms with E-state index in [1.807, 2.05) is 0 Å². The van der Waals surface area contributed by atoms with Crippen molar-refractivity contribution in [2.75, 3.05) is 6.61 Å². The van der Waals surface area contributed by atoms with Crippen molar-refractivity contribution in [2.45, 2.75) is 11.4 Å². The highest BCUT2D eigenvalue weighted by Crippen LogP contribution is 2.33. The Morgan fingerprint density at radius 1 is 1.14 bits per heavy atom. The molecule has 22 heavy (non-hydrogen) atoms. The summed E-state index contributed by atoms with van der Waals surface area (Å²) in [5, 5.41) is 9.38. The van der Waals surface area contributed by atoms with Crippen molar-refractivity contribution in [3.63, 3.8) is 0 Å². The van der Waals surface area contributed by atoms with E-state index in [1.54, 1.807) is 36.4 Å². The van der Waals surface area contributed by atoms with Gasteiger partial charge in [0.1, 0.15) is 18.1 Å². The first kappa shape index (κ1) is 14.6. The first-order valence-corrected chi connectivity index (χ1v) is 8.19. The van der Waals surface area contributed by atoms with E-state index in [2.05, 4.69) is 0 Å². The zero-order valence-electron chi connectivity index (χ0n) is 11.7. The second-order valence-electron chi connectivity index (χ2n) is 4.98. The Kier molecular flexibility index (Phi) is 3.64. The quantitative estimate of drug-likeness (QED) is 0.901. The average Bonchev–Trinajstić information content (AvgIpc) is 2.75. The molecule has 0 bridgehead atoms. The molecule has 0 aliphatic carbocycles. The summed E-state index contributed by atoms with van der Waals surface area (Å²) >= 11 is 0. The summed E-state index contributed by atoms with van der Waals surface area (Å²) in [6.45, 7) is 0.273. The molecule has 3 N–H and O–H groups in total. The number of benzene rings is 2. The fraction of sp³-hybridized carbons (Fsp3) is 0.125. The van der Waals surface area contributed by atoms with Gasteiger partial charge in [-0.2, -0.15) is 0 Å². The van der Waals surface area contributed by atoms with Crippen LogP contribution in [0.15, 0.2) is 52.3 Å². The maximum absolute atomic E-state index is 12.4. The molecule has 0 radical (unpaired) electrons. The zero-order chi connectivity index (χ0) is 15.7. The SMILES string of the molecule is NCc1ccc2c(c1)C=C(COc1cccc(O)c1)S2(=O)=O. The van der Waals surface area contributed by atoms with Crippen molar-refractivity contribution >= 4 is 15.9 Å². The molecule has 2 aromatic rings. The van der Waals surface area contributed by atoms with Crippen LogP contribution < -0.4 is 10.5 Å². The third-order valence-electron chi connectivity index (χ3n) is 3.46. The molecule has 0 saturated carbocycles. The minimum atomic E-state index is -3.52. The van der Waals surface area contributed by atoms with Gasteiger partial charge in [0.05, 0.1) is 9.80 Å². The monoisotopic (exact) mass is 317 g/mol. The first-order chi connectivity index (χ1) is 10.5. The molecule has 6 heteroatoms. The zero-order valence-corrected chi connectivity index (χ0v) is 12.5. The fourth-order valence-corrected chi connectivity index (χ4v) is 3.78. The second kappa shape index (κ2) is 5.47.